The lowest BCUT2D eigenvalue weighted by atomic mass is 10.3. The lowest BCUT2D eigenvalue weighted by Crippen LogP contribution is -2.35. The highest BCUT2D eigenvalue weighted by Crippen LogP contribution is 2.18. The van der Waals surface area contributed by atoms with Gasteiger partial charge < -0.3 is 14.5 Å². The molecular weight excluding hydrogens is 202 g/mol. The number of hydrogen-bond donors (Lipinski definition) is 0. The monoisotopic (exact) mass is 221 g/mol. The largest absolute Gasteiger partial charge is 0.497 e. The van der Waals surface area contributed by atoms with Gasteiger partial charge in [0.15, 0.2) is 0 Å². The van der Waals surface area contributed by atoms with Gasteiger partial charge in [0.2, 0.25) is 5.96 Å². The first-order chi connectivity index (χ1) is 7.54. The fraction of sp³-hybridized carbons (Fsp3) is 0.417. The van der Waals surface area contributed by atoms with Crippen LogP contribution in [0, 0.1) is 0 Å². The van der Waals surface area contributed by atoms with E-state index < -0.39 is 0 Å². The lowest BCUT2D eigenvalue weighted by molar-refractivity contribution is 0.415. The Morgan fingerprint density at radius 3 is 1.88 bits per heavy atom. The molecule has 0 saturated carbocycles. The Morgan fingerprint density at radius 2 is 1.50 bits per heavy atom. The van der Waals surface area contributed by atoms with Gasteiger partial charge in [-0.25, -0.2) is 4.99 Å². The molecule has 0 aliphatic heterocycles. The van der Waals surface area contributed by atoms with Crippen LogP contribution < -0.4 is 4.74 Å². The summed E-state index contributed by atoms with van der Waals surface area (Å²) in [7, 11) is 9.55. The molecule has 0 aliphatic rings. The molecule has 4 nitrogen and oxygen atoms in total. The zero-order valence-corrected chi connectivity index (χ0v) is 10.6. The Hall–Kier alpha value is -1.71. The summed E-state index contributed by atoms with van der Waals surface area (Å²) in [4.78, 5) is 8.50. The Labute approximate surface area is 97.1 Å². The molecule has 0 radical (unpaired) electrons. The molecule has 1 aromatic carbocycles. The summed E-state index contributed by atoms with van der Waals surface area (Å²) in [5.41, 5.74) is 0.915. The van der Waals surface area contributed by atoms with E-state index in [9.17, 15) is 0 Å². The first kappa shape index (κ1) is 12.4. The van der Waals surface area contributed by atoms with Crippen LogP contribution in [-0.2, 0) is 0 Å². The average Bonchev–Trinajstić information content (AvgIpc) is 2.25. The van der Waals surface area contributed by atoms with Gasteiger partial charge in [0.1, 0.15) is 5.75 Å². The van der Waals surface area contributed by atoms with Crippen LogP contribution in [-0.4, -0.2) is 51.1 Å². The van der Waals surface area contributed by atoms with E-state index >= 15 is 0 Å². The number of nitrogens with zero attached hydrogens (tertiary/aromatic N) is 3. The fourth-order valence-corrected chi connectivity index (χ4v) is 1.37. The van der Waals surface area contributed by atoms with Crippen molar-refractivity contribution in [1.82, 2.24) is 9.80 Å². The Balaban J connectivity index is 2.94. The van der Waals surface area contributed by atoms with Gasteiger partial charge >= 0.3 is 0 Å². The molecule has 0 aromatic heterocycles. The Morgan fingerprint density at radius 1 is 1.00 bits per heavy atom. The number of rotatable bonds is 2. The highest BCUT2D eigenvalue weighted by Gasteiger charge is 2.04. The molecule has 0 fully saturated rings. The molecule has 4 heteroatoms. The highest BCUT2D eigenvalue weighted by atomic mass is 16.5. The summed E-state index contributed by atoms with van der Waals surface area (Å²) in [5.74, 6) is 1.75. The molecule has 0 spiro atoms. The van der Waals surface area contributed by atoms with Crippen molar-refractivity contribution in [3.05, 3.63) is 24.3 Å². The predicted octanol–water partition coefficient (Wildman–Crippen LogP) is 1.81. The fourth-order valence-electron chi connectivity index (χ4n) is 1.37. The van der Waals surface area contributed by atoms with Crippen LogP contribution in [0.25, 0.3) is 0 Å². The minimum Gasteiger partial charge on any atom is -0.497 e. The van der Waals surface area contributed by atoms with Gasteiger partial charge in [0.25, 0.3) is 0 Å². The highest BCUT2D eigenvalue weighted by molar-refractivity contribution is 5.82. The van der Waals surface area contributed by atoms with E-state index in [-0.39, 0.29) is 0 Å². The van der Waals surface area contributed by atoms with Crippen LogP contribution in [0.3, 0.4) is 0 Å². The van der Waals surface area contributed by atoms with Gasteiger partial charge in [-0.1, -0.05) is 0 Å². The molecule has 16 heavy (non-hydrogen) atoms. The van der Waals surface area contributed by atoms with Crippen molar-refractivity contribution in [2.45, 2.75) is 0 Å². The molecule has 0 heterocycles. The summed E-state index contributed by atoms with van der Waals surface area (Å²) < 4.78 is 5.10. The number of hydrogen-bond acceptors (Lipinski definition) is 2. The van der Waals surface area contributed by atoms with E-state index in [0.717, 1.165) is 17.4 Å². The van der Waals surface area contributed by atoms with Gasteiger partial charge in [-0.3, -0.25) is 0 Å². The molecule has 1 rings (SSSR count). The van der Waals surface area contributed by atoms with Gasteiger partial charge in [-0.15, -0.1) is 0 Å². The minimum absolute atomic E-state index is 0.843. The molecular formula is C12H19N3O. The number of aliphatic imine (C=N–C) groups is 1. The third-order valence-electron chi connectivity index (χ3n) is 2.10. The van der Waals surface area contributed by atoms with Crippen LogP contribution in [0.15, 0.2) is 29.3 Å². The molecule has 0 N–H and O–H groups in total. The quantitative estimate of drug-likeness (QED) is 0.563. The standard InChI is InChI=1S/C12H19N3O/c1-14(2)12(15(3)4)13-10-6-8-11(16-5)9-7-10/h6-9H,1-5H3. The summed E-state index contributed by atoms with van der Waals surface area (Å²) in [5, 5.41) is 0. The first-order valence-corrected chi connectivity index (χ1v) is 5.12. The van der Waals surface area contributed by atoms with Crippen molar-refractivity contribution in [1.29, 1.82) is 0 Å². The smallest absolute Gasteiger partial charge is 0.200 e. The van der Waals surface area contributed by atoms with E-state index in [1.807, 2.05) is 62.3 Å². The predicted molar refractivity (Wildman–Crippen MR) is 67.5 cm³/mol. The van der Waals surface area contributed by atoms with E-state index in [2.05, 4.69) is 4.99 Å². The van der Waals surface area contributed by atoms with Crippen molar-refractivity contribution in [2.75, 3.05) is 35.3 Å². The SMILES string of the molecule is COc1ccc(N=C(N(C)C)N(C)C)cc1. The normalized spacial score (nSPS) is 9.56. The first-order valence-electron chi connectivity index (χ1n) is 5.12. The summed E-state index contributed by atoms with van der Waals surface area (Å²) >= 11 is 0. The molecule has 1 aromatic rings. The van der Waals surface area contributed by atoms with Gasteiger partial charge in [-0.05, 0) is 24.3 Å². The summed E-state index contributed by atoms with van der Waals surface area (Å²) in [6, 6.07) is 7.68. The third kappa shape index (κ3) is 3.15. The zero-order chi connectivity index (χ0) is 12.1. The summed E-state index contributed by atoms with van der Waals surface area (Å²) in [6.45, 7) is 0. The van der Waals surface area contributed by atoms with Crippen LogP contribution in [0.5, 0.6) is 5.75 Å². The molecule has 0 amide bonds. The van der Waals surface area contributed by atoms with Gasteiger partial charge in [0.05, 0.1) is 12.8 Å². The van der Waals surface area contributed by atoms with Crippen molar-refractivity contribution < 1.29 is 4.74 Å². The minimum atomic E-state index is 0.843. The Kier molecular flexibility index (Phi) is 4.17. The molecule has 0 aliphatic carbocycles. The lowest BCUT2D eigenvalue weighted by Gasteiger charge is -2.22. The summed E-state index contributed by atoms with van der Waals surface area (Å²) in [6.07, 6.45) is 0. The third-order valence-corrected chi connectivity index (χ3v) is 2.10. The van der Waals surface area contributed by atoms with Crippen molar-refractivity contribution in [3.63, 3.8) is 0 Å². The zero-order valence-electron chi connectivity index (χ0n) is 10.6. The average molecular weight is 221 g/mol. The van der Waals surface area contributed by atoms with E-state index in [1.165, 1.54) is 0 Å². The van der Waals surface area contributed by atoms with E-state index in [0.29, 0.717) is 0 Å². The molecule has 88 valence electrons. The number of benzene rings is 1. The Bertz CT molecular complexity index is 345. The molecule has 0 unspecified atom stereocenters. The topological polar surface area (TPSA) is 28.1 Å². The van der Waals surface area contributed by atoms with Crippen molar-refractivity contribution >= 4 is 11.6 Å². The molecule has 0 bridgehead atoms. The van der Waals surface area contributed by atoms with Crippen LogP contribution in [0.2, 0.25) is 0 Å². The second kappa shape index (κ2) is 5.39. The van der Waals surface area contributed by atoms with Crippen LogP contribution in [0.4, 0.5) is 5.69 Å². The van der Waals surface area contributed by atoms with Gasteiger partial charge in [0, 0.05) is 28.2 Å². The van der Waals surface area contributed by atoms with Crippen LogP contribution in [0.1, 0.15) is 0 Å². The van der Waals surface area contributed by atoms with Crippen LogP contribution >= 0.6 is 0 Å². The van der Waals surface area contributed by atoms with Crippen molar-refractivity contribution in [3.8, 4) is 5.75 Å². The second-order valence-corrected chi connectivity index (χ2v) is 3.90. The number of guanidine groups is 1. The van der Waals surface area contributed by atoms with E-state index in [4.69, 9.17) is 4.74 Å². The number of methoxy groups -OCH3 is 1. The van der Waals surface area contributed by atoms with Gasteiger partial charge in [-0.2, -0.15) is 0 Å². The molecule has 0 atom stereocenters. The van der Waals surface area contributed by atoms with Crippen molar-refractivity contribution in [2.24, 2.45) is 4.99 Å². The maximum atomic E-state index is 5.10. The maximum Gasteiger partial charge on any atom is 0.200 e. The maximum absolute atomic E-state index is 5.10. The second-order valence-electron chi connectivity index (χ2n) is 3.90. The van der Waals surface area contributed by atoms with E-state index in [1.54, 1.807) is 7.11 Å². The molecule has 0 saturated heterocycles. The number of ether oxygens (including phenoxy) is 1.